The maximum Gasteiger partial charge on any atom is 0.271 e. The van der Waals surface area contributed by atoms with Gasteiger partial charge in [-0.1, -0.05) is 24.6 Å². The highest BCUT2D eigenvalue weighted by Crippen LogP contribution is 2.21. The predicted octanol–water partition coefficient (Wildman–Crippen LogP) is 3.60. The molecule has 1 N–H and O–H groups in total. The van der Waals surface area contributed by atoms with Crippen LogP contribution in [-0.4, -0.2) is 11.6 Å². The number of carbonyl (C=O) groups is 1. The summed E-state index contributed by atoms with van der Waals surface area (Å²) in [5, 5.41) is 4.29. The smallest absolute Gasteiger partial charge is 0.267 e. The van der Waals surface area contributed by atoms with Crippen LogP contribution < -0.4 is 5.43 Å². The highest BCUT2D eigenvalue weighted by Gasteiger charge is 2.15. The summed E-state index contributed by atoms with van der Waals surface area (Å²) in [5.41, 5.74) is 6.69. The van der Waals surface area contributed by atoms with Crippen molar-refractivity contribution in [2.24, 2.45) is 11.0 Å². The number of benzene rings is 1. The Morgan fingerprint density at radius 2 is 2.16 bits per heavy atom. The quantitative estimate of drug-likeness (QED) is 0.809. The molecule has 0 aliphatic heterocycles. The molecule has 1 amide bonds. The molecule has 1 atom stereocenters. The van der Waals surface area contributed by atoms with Gasteiger partial charge in [0.2, 0.25) is 0 Å². The van der Waals surface area contributed by atoms with E-state index in [9.17, 15) is 4.79 Å². The van der Waals surface area contributed by atoms with E-state index in [0.29, 0.717) is 11.5 Å². The zero-order chi connectivity index (χ0) is 13.8. The lowest BCUT2D eigenvalue weighted by molar-refractivity contribution is 0.0954. The van der Waals surface area contributed by atoms with Crippen LogP contribution in [0.3, 0.4) is 0 Å². The summed E-state index contributed by atoms with van der Waals surface area (Å²) in [4.78, 5) is 12.1. The molecule has 0 heterocycles. The van der Waals surface area contributed by atoms with Crippen molar-refractivity contribution in [3.05, 3.63) is 34.9 Å². The third-order valence-electron chi connectivity index (χ3n) is 3.69. The highest BCUT2D eigenvalue weighted by molar-refractivity contribution is 5.96. The van der Waals surface area contributed by atoms with Crippen molar-refractivity contribution in [3.8, 4) is 0 Å². The number of nitrogens with zero attached hydrogens (tertiary/aromatic N) is 1. The fraction of sp³-hybridized carbons (Fsp3) is 0.500. The van der Waals surface area contributed by atoms with E-state index >= 15 is 0 Å². The number of hydrazone groups is 1. The number of carbonyl (C=O) groups excluding carboxylic acids is 1. The van der Waals surface area contributed by atoms with Gasteiger partial charge in [0.25, 0.3) is 5.91 Å². The lowest BCUT2D eigenvalue weighted by atomic mass is 9.89. The van der Waals surface area contributed by atoms with Gasteiger partial charge in [-0.15, -0.1) is 0 Å². The molecular formula is C16H22N2O. The van der Waals surface area contributed by atoms with Gasteiger partial charge in [0.05, 0.1) is 0 Å². The van der Waals surface area contributed by atoms with Crippen LogP contribution in [0.1, 0.15) is 54.1 Å². The van der Waals surface area contributed by atoms with Crippen LogP contribution in [0.2, 0.25) is 0 Å². The van der Waals surface area contributed by atoms with Gasteiger partial charge in [0, 0.05) is 11.3 Å². The largest absolute Gasteiger partial charge is 0.271 e. The van der Waals surface area contributed by atoms with Gasteiger partial charge >= 0.3 is 0 Å². The standard InChI is InChI=1S/C16H22N2O/c1-11-5-4-6-14(10-11)17-18-16(19)15-8-7-12(2)9-13(15)3/h7-9,11H,4-6,10H2,1-3H3,(H,18,19)/b17-14-. The van der Waals surface area contributed by atoms with Crippen molar-refractivity contribution < 1.29 is 4.79 Å². The molecule has 0 saturated heterocycles. The molecule has 3 nitrogen and oxygen atoms in total. The van der Waals surface area contributed by atoms with Gasteiger partial charge in [0.15, 0.2) is 0 Å². The van der Waals surface area contributed by atoms with Crippen LogP contribution in [0.4, 0.5) is 0 Å². The van der Waals surface area contributed by atoms with Crippen LogP contribution in [0.25, 0.3) is 0 Å². The Morgan fingerprint density at radius 3 is 2.84 bits per heavy atom. The molecule has 1 fully saturated rings. The Labute approximate surface area is 115 Å². The first-order valence-electron chi connectivity index (χ1n) is 6.99. The summed E-state index contributed by atoms with van der Waals surface area (Å²) in [6.07, 6.45) is 4.47. The fourth-order valence-corrected chi connectivity index (χ4v) is 2.62. The molecule has 3 heteroatoms. The first kappa shape index (κ1) is 13.8. The molecule has 0 spiro atoms. The summed E-state index contributed by atoms with van der Waals surface area (Å²) in [5.74, 6) is 0.578. The lowest BCUT2D eigenvalue weighted by Gasteiger charge is -2.19. The van der Waals surface area contributed by atoms with Crippen molar-refractivity contribution in [2.75, 3.05) is 0 Å². The fourth-order valence-electron chi connectivity index (χ4n) is 2.62. The van der Waals surface area contributed by atoms with Gasteiger partial charge in [-0.05, 0) is 57.1 Å². The molecule has 0 radical (unpaired) electrons. The number of amides is 1. The van der Waals surface area contributed by atoms with Gasteiger partial charge < -0.3 is 0 Å². The van der Waals surface area contributed by atoms with E-state index in [-0.39, 0.29) is 5.91 Å². The third kappa shape index (κ3) is 3.66. The number of hydrogen-bond acceptors (Lipinski definition) is 2. The summed E-state index contributed by atoms with van der Waals surface area (Å²) in [6, 6.07) is 5.84. The molecule has 1 aliphatic rings. The monoisotopic (exact) mass is 258 g/mol. The van der Waals surface area contributed by atoms with E-state index in [1.165, 1.54) is 18.4 Å². The minimum absolute atomic E-state index is 0.108. The normalized spacial score (nSPS) is 21.4. The number of rotatable bonds is 2. The second-order valence-electron chi connectivity index (χ2n) is 5.64. The van der Waals surface area contributed by atoms with Crippen molar-refractivity contribution in [3.63, 3.8) is 0 Å². The maximum absolute atomic E-state index is 12.1. The average Bonchev–Trinajstić information content (AvgIpc) is 2.36. The molecule has 1 aliphatic carbocycles. The maximum atomic E-state index is 12.1. The van der Waals surface area contributed by atoms with Gasteiger partial charge in [-0.2, -0.15) is 5.10 Å². The Kier molecular flexibility index (Phi) is 4.35. The zero-order valence-corrected chi connectivity index (χ0v) is 12.0. The van der Waals surface area contributed by atoms with E-state index in [2.05, 4.69) is 17.5 Å². The van der Waals surface area contributed by atoms with E-state index in [4.69, 9.17) is 0 Å². The Morgan fingerprint density at radius 1 is 1.37 bits per heavy atom. The second-order valence-corrected chi connectivity index (χ2v) is 5.64. The summed E-state index contributed by atoms with van der Waals surface area (Å²) >= 11 is 0. The molecule has 1 unspecified atom stereocenters. The van der Waals surface area contributed by atoms with E-state index < -0.39 is 0 Å². The van der Waals surface area contributed by atoms with Crippen molar-refractivity contribution >= 4 is 11.6 Å². The molecule has 1 aromatic rings. The van der Waals surface area contributed by atoms with Crippen LogP contribution in [0.15, 0.2) is 23.3 Å². The first-order valence-corrected chi connectivity index (χ1v) is 6.99. The number of aryl methyl sites for hydroxylation is 2. The van der Waals surface area contributed by atoms with Crippen molar-refractivity contribution in [1.29, 1.82) is 0 Å². The number of hydrogen-bond donors (Lipinski definition) is 1. The zero-order valence-electron chi connectivity index (χ0n) is 12.0. The molecule has 102 valence electrons. The molecule has 19 heavy (non-hydrogen) atoms. The molecule has 2 rings (SSSR count). The summed E-state index contributed by atoms with van der Waals surface area (Å²) in [7, 11) is 0. The van der Waals surface area contributed by atoms with Gasteiger partial charge in [-0.25, -0.2) is 5.43 Å². The SMILES string of the molecule is Cc1ccc(C(=O)N/N=C2/CCCC(C)C2)c(C)c1. The van der Waals surface area contributed by atoms with Gasteiger partial charge in [0.1, 0.15) is 0 Å². The summed E-state index contributed by atoms with van der Waals surface area (Å²) < 4.78 is 0. The second kappa shape index (κ2) is 6.00. The third-order valence-corrected chi connectivity index (χ3v) is 3.69. The number of nitrogens with one attached hydrogen (secondary N) is 1. The van der Waals surface area contributed by atoms with Crippen molar-refractivity contribution in [1.82, 2.24) is 5.43 Å². The predicted molar refractivity (Wildman–Crippen MR) is 78.4 cm³/mol. The Bertz CT molecular complexity index is 505. The first-order chi connectivity index (χ1) is 9.06. The van der Waals surface area contributed by atoms with Crippen molar-refractivity contribution in [2.45, 2.75) is 46.5 Å². The lowest BCUT2D eigenvalue weighted by Crippen LogP contribution is -2.22. The van der Waals surface area contributed by atoms with Crippen LogP contribution in [0, 0.1) is 19.8 Å². The summed E-state index contributed by atoms with van der Waals surface area (Å²) in [6.45, 7) is 6.22. The Hall–Kier alpha value is -1.64. The molecule has 1 aromatic carbocycles. The van der Waals surface area contributed by atoms with Crippen LogP contribution >= 0.6 is 0 Å². The highest BCUT2D eigenvalue weighted by atomic mass is 16.2. The average molecular weight is 258 g/mol. The Balaban J connectivity index is 2.03. The topological polar surface area (TPSA) is 41.5 Å². The molecule has 1 saturated carbocycles. The van der Waals surface area contributed by atoms with E-state index in [1.807, 2.05) is 32.0 Å². The molecule has 0 aromatic heterocycles. The van der Waals surface area contributed by atoms with Gasteiger partial charge in [-0.3, -0.25) is 4.79 Å². The van der Waals surface area contributed by atoms with E-state index in [0.717, 1.165) is 24.1 Å². The minimum Gasteiger partial charge on any atom is -0.267 e. The minimum atomic E-state index is -0.108. The van der Waals surface area contributed by atoms with Crippen LogP contribution in [-0.2, 0) is 0 Å². The molecular weight excluding hydrogens is 236 g/mol. The van der Waals surface area contributed by atoms with E-state index in [1.54, 1.807) is 0 Å². The molecule has 0 bridgehead atoms. The van der Waals surface area contributed by atoms with Crippen LogP contribution in [0.5, 0.6) is 0 Å².